The first-order chi connectivity index (χ1) is 14.0. The van der Waals surface area contributed by atoms with Crippen LogP contribution in [0, 0.1) is 0 Å². The molecule has 29 heavy (non-hydrogen) atoms. The average molecular weight is 389 g/mol. The molecule has 0 spiro atoms. The van der Waals surface area contributed by atoms with Crippen LogP contribution in [-0.2, 0) is 20.7 Å². The first-order valence-corrected chi connectivity index (χ1v) is 9.75. The molecule has 0 fully saturated rings. The van der Waals surface area contributed by atoms with Crippen LogP contribution in [0.15, 0.2) is 66.7 Å². The predicted molar refractivity (Wildman–Crippen MR) is 112 cm³/mol. The average Bonchev–Trinajstić information content (AvgIpc) is 3.07. The van der Waals surface area contributed by atoms with Crippen molar-refractivity contribution in [2.75, 3.05) is 11.5 Å². The monoisotopic (exact) mass is 389 g/mol. The Morgan fingerprint density at radius 3 is 2.59 bits per heavy atom. The van der Waals surface area contributed by atoms with E-state index < -0.39 is 12.1 Å². The van der Waals surface area contributed by atoms with Crippen LogP contribution >= 0.6 is 0 Å². The molecule has 5 nitrogen and oxygen atoms in total. The number of hydrogen-bond donors (Lipinski definition) is 0. The van der Waals surface area contributed by atoms with E-state index in [1.165, 1.54) is 0 Å². The summed E-state index contributed by atoms with van der Waals surface area (Å²) in [6.45, 7) is 3.35. The normalized spacial score (nSPS) is 16.3. The molecule has 1 amide bonds. The van der Waals surface area contributed by atoms with Gasteiger partial charge in [0.25, 0.3) is 5.91 Å². The number of para-hydroxylation sites is 1. The number of hydrogen-bond acceptors (Lipinski definition) is 4. The van der Waals surface area contributed by atoms with Crippen LogP contribution in [0.5, 0.6) is 5.75 Å². The van der Waals surface area contributed by atoms with Crippen molar-refractivity contribution in [2.45, 2.75) is 32.4 Å². The number of amides is 1. The number of esters is 1. The van der Waals surface area contributed by atoms with Crippen molar-refractivity contribution in [2.24, 2.45) is 0 Å². The summed E-state index contributed by atoms with van der Waals surface area (Å²) in [6, 6.07) is 21.4. The molecule has 148 valence electrons. The minimum Gasteiger partial charge on any atom is -0.482 e. The van der Waals surface area contributed by atoms with Crippen LogP contribution in [0.1, 0.15) is 19.4 Å². The van der Waals surface area contributed by atoms with Crippen molar-refractivity contribution in [1.29, 1.82) is 0 Å². The number of ether oxygens (including phenoxy) is 2. The number of carbonyl (C=O) groups excluding carboxylic acids is 2. The number of anilines is 1. The number of rotatable bonds is 5. The quantitative estimate of drug-likeness (QED) is 0.616. The maximum absolute atomic E-state index is 12.9. The Morgan fingerprint density at radius 1 is 1.03 bits per heavy atom. The maximum Gasteiger partial charge on any atom is 0.344 e. The van der Waals surface area contributed by atoms with Crippen molar-refractivity contribution < 1.29 is 19.1 Å². The zero-order valence-electron chi connectivity index (χ0n) is 16.5. The molecular formula is C24H23NO4. The van der Waals surface area contributed by atoms with Crippen molar-refractivity contribution >= 4 is 28.3 Å². The molecule has 1 aliphatic heterocycles. The van der Waals surface area contributed by atoms with Gasteiger partial charge in [0.15, 0.2) is 12.7 Å². The van der Waals surface area contributed by atoms with E-state index in [2.05, 4.69) is 0 Å². The highest BCUT2D eigenvalue weighted by atomic mass is 16.6. The third-order valence-corrected chi connectivity index (χ3v) is 5.18. The first-order valence-electron chi connectivity index (χ1n) is 9.75. The Bertz CT molecular complexity index is 1060. The van der Waals surface area contributed by atoms with Crippen LogP contribution in [0.2, 0.25) is 0 Å². The van der Waals surface area contributed by atoms with E-state index in [0.29, 0.717) is 5.75 Å². The maximum atomic E-state index is 12.9. The first kappa shape index (κ1) is 19.0. The molecule has 1 heterocycles. The molecule has 3 aromatic carbocycles. The molecule has 0 aliphatic carbocycles. The molecule has 0 saturated heterocycles. The number of fused-ring (bicyclic) bond motifs is 2. The molecule has 2 atom stereocenters. The number of benzene rings is 3. The summed E-state index contributed by atoms with van der Waals surface area (Å²) in [7, 11) is 0. The van der Waals surface area contributed by atoms with Crippen LogP contribution in [0.25, 0.3) is 10.8 Å². The second kappa shape index (κ2) is 7.95. The van der Waals surface area contributed by atoms with E-state index in [1.807, 2.05) is 73.7 Å². The molecule has 1 aliphatic rings. The smallest absolute Gasteiger partial charge is 0.344 e. The summed E-state index contributed by atoms with van der Waals surface area (Å²) in [4.78, 5) is 26.8. The fourth-order valence-electron chi connectivity index (χ4n) is 3.78. The summed E-state index contributed by atoms with van der Waals surface area (Å²) < 4.78 is 10.9. The van der Waals surface area contributed by atoms with E-state index in [9.17, 15) is 9.59 Å². The second-order valence-electron chi connectivity index (χ2n) is 7.32. The topological polar surface area (TPSA) is 55.8 Å². The van der Waals surface area contributed by atoms with Gasteiger partial charge in [-0.15, -0.1) is 0 Å². The fraction of sp³-hybridized carbons (Fsp3) is 0.250. The van der Waals surface area contributed by atoms with E-state index in [-0.39, 0.29) is 18.6 Å². The second-order valence-corrected chi connectivity index (χ2v) is 7.32. The zero-order valence-corrected chi connectivity index (χ0v) is 16.5. The Kier molecular flexibility index (Phi) is 5.21. The van der Waals surface area contributed by atoms with Gasteiger partial charge in [-0.1, -0.05) is 48.5 Å². The SMILES string of the molecule is C[C@H](OC(=O)COc1ccc2ccccc2c1)C(=O)N1c2ccccc2C[C@H]1C. The lowest BCUT2D eigenvalue weighted by Gasteiger charge is -2.25. The highest BCUT2D eigenvalue weighted by Crippen LogP contribution is 2.32. The molecule has 0 radical (unpaired) electrons. The highest BCUT2D eigenvalue weighted by molar-refractivity contribution is 5.99. The van der Waals surface area contributed by atoms with E-state index in [4.69, 9.17) is 9.47 Å². The number of carbonyl (C=O) groups is 2. The lowest BCUT2D eigenvalue weighted by Crippen LogP contribution is -2.43. The summed E-state index contributed by atoms with van der Waals surface area (Å²) >= 11 is 0. The molecule has 0 saturated carbocycles. The molecule has 0 unspecified atom stereocenters. The van der Waals surface area contributed by atoms with Crippen LogP contribution in [0.3, 0.4) is 0 Å². The minimum absolute atomic E-state index is 0.0369. The van der Waals surface area contributed by atoms with Gasteiger partial charge in [-0.3, -0.25) is 4.79 Å². The summed E-state index contributed by atoms with van der Waals surface area (Å²) in [6.07, 6.45) is -0.0792. The van der Waals surface area contributed by atoms with E-state index >= 15 is 0 Å². The molecule has 5 heteroatoms. The molecule has 0 bridgehead atoms. The van der Waals surface area contributed by atoms with Crippen molar-refractivity contribution in [3.05, 3.63) is 72.3 Å². The largest absolute Gasteiger partial charge is 0.482 e. The Labute approximate surface area is 169 Å². The highest BCUT2D eigenvalue weighted by Gasteiger charge is 2.34. The Balaban J connectivity index is 1.36. The van der Waals surface area contributed by atoms with Gasteiger partial charge in [-0.05, 0) is 54.8 Å². The lowest BCUT2D eigenvalue weighted by atomic mass is 10.1. The van der Waals surface area contributed by atoms with Gasteiger partial charge in [-0.2, -0.15) is 0 Å². The van der Waals surface area contributed by atoms with Gasteiger partial charge < -0.3 is 14.4 Å². The van der Waals surface area contributed by atoms with Gasteiger partial charge in [0.2, 0.25) is 0 Å². The van der Waals surface area contributed by atoms with Crippen LogP contribution < -0.4 is 9.64 Å². The fourth-order valence-corrected chi connectivity index (χ4v) is 3.78. The van der Waals surface area contributed by atoms with Crippen molar-refractivity contribution in [3.8, 4) is 5.75 Å². The van der Waals surface area contributed by atoms with Gasteiger partial charge in [-0.25, -0.2) is 4.79 Å². The van der Waals surface area contributed by atoms with Gasteiger partial charge in [0.05, 0.1) is 0 Å². The van der Waals surface area contributed by atoms with E-state index in [1.54, 1.807) is 11.8 Å². The van der Waals surface area contributed by atoms with Gasteiger partial charge in [0, 0.05) is 11.7 Å². The molecular weight excluding hydrogens is 366 g/mol. The molecule has 0 aromatic heterocycles. The summed E-state index contributed by atoms with van der Waals surface area (Å²) in [5, 5.41) is 2.13. The van der Waals surface area contributed by atoms with Gasteiger partial charge in [0.1, 0.15) is 5.75 Å². The molecule has 3 aromatic rings. The third kappa shape index (κ3) is 3.94. The lowest BCUT2D eigenvalue weighted by molar-refractivity contribution is -0.155. The molecule has 0 N–H and O–H groups in total. The Hall–Kier alpha value is -3.34. The van der Waals surface area contributed by atoms with E-state index in [0.717, 1.165) is 28.4 Å². The van der Waals surface area contributed by atoms with Crippen molar-refractivity contribution in [1.82, 2.24) is 0 Å². The summed E-state index contributed by atoms with van der Waals surface area (Å²) in [5.41, 5.74) is 2.02. The predicted octanol–water partition coefficient (Wildman–Crippen LogP) is 4.13. The van der Waals surface area contributed by atoms with Gasteiger partial charge >= 0.3 is 5.97 Å². The third-order valence-electron chi connectivity index (χ3n) is 5.18. The van der Waals surface area contributed by atoms with Crippen LogP contribution in [0.4, 0.5) is 5.69 Å². The molecule has 4 rings (SSSR count). The zero-order chi connectivity index (χ0) is 20.4. The standard InChI is InChI=1S/C24H23NO4/c1-16-13-20-9-5-6-10-22(20)25(16)24(27)17(2)29-23(26)15-28-21-12-11-18-7-3-4-8-19(18)14-21/h3-12,14,16-17H,13,15H2,1-2H3/t16-,17+/m1/s1. The Morgan fingerprint density at radius 2 is 1.76 bits per heavy atom. The minimum atomic E-state index is -0.878. The summed E-state index contributed by atoms with van der Waals surface area (Å²) in [5.74, 6) is -0.206. The number of nitrogens with zero attached hydrogens (tertiary/aromatic N) is 1. The van der Waals surface area contributed by atoms with Crippen LogP contribution in [-0.4, -0.2) is 30.6 Å². The van der Waals surface area contributed by atoms with Crippen molar-refractivity contribution in [3.63, 3.8) is 0 Å².